The number of hydrogen-bond acceptors (Lipinski definition) is 3. The summed E-state index contributed by atoms with van der Waals surface area (Å²) in [6.07, 6.45) is 5.72. The number of benzene rings is 2. The number of primary amides is 1. The highest BCUT2D eigenvalue weighted by molar-refractivity contribution is 5.91. The Hall–Kier alpha value is -2.17. The zero-order valence-electron chi connectivity index (χ0n) is 18.3. The molecule has 1 heterocycles. The highest BCUT2D eigenvalue weighted by Crippen LogP contribution is 2.47. The summed E-state index contributed by atoms with van der Waals surface area (Å²) >= 11 is 0. The average molecular weight is 406 g/mol. The van der Waals surface area contributed by atoms with Gasteiger partial charge in [-0.2, -0.15) is 0 Å². The molecule has 1 amide bonds. The molecule has 4 nitrogen and oxygen atoms in total. The van der Waals surface area contributed by atoms with Crippen molar-refractivity contribution in [3.05, 3.63) is 71.8 Å². The molecule has 2 aliphatic rings. The van der Waals surface area contributed by atoms with Gasteiger partial charge in [0.2, 0.25) is 5.91 Å². The Morgan fingerprint density at radius 3 is 2.13 bits per heavy atom. The molecule has 1 saturated heterocycles. The Kier molecular flexibility index (Phi) is 6.26. The molecule has 30 heavy (non-hydrogen) atoms. The highest BCUT2D eigenvalue weighted by Gasteiger charge is 2.50. The Balaban J connectivity index is 1.63. The first-order valence-electron chi connectivity index (χ1n) is 11.3. The number of hydrogen-bond donors (Lipinski definition) is 1. The van der Waals surface area contributed by atoms with Gasteiger partial charge in [0.05, 0.1) is 0 Å². The third-order valence-corrected chi connectivity index (χ3v) is 7.66. The van der Waals surface area contributed by atoms with Crippen molar-refractivity contribution < 1.29 is 4.79 Å². The molecule has 0 radical (unpaired) electrons. The van der Waals surface area contributed by atoms with Crippen molar-refractivity contribution in [2.75, 3.05) is 27.2 Å². The van der Waals surface area contributed by atoms with Gasteiger partial charge in [-0.25, -0.2) is 0 Å². The second-order valence-electron chi connectivity index (χ2n) is 9.28. The van der Waals surface area contributed by atoms with Gasteiger partial charge in [0, 0.05) is 18.6 Å². The first-order valence-corrected chi connectivity index (χ1v) is 11.3. The topological polar surface area (TPSA) is 49.6 Å². The molecule has 1 aliphatic carbocycles. The summed E-state index contributed by atoms with van der Waals surface area (Å²) in [5.41, 5.74) is 7.49. The van der Waals surface area contributed by atoms with E-state index in [1.54, 1.807) is 0 Å². The van der Waals surface area contributed by atoms with Crippen LogP contribution in [0.4, 0.5) is 0 Å². The zero-order valence-corrected chi connectivity index (χ0v) is 18.3. The van der Waals surface area contributed by atoms with E-state index >= 15 is 0 Å². The molecule has 2 unspecified atom stereocenters. The number of carbonyl (C=O) groups is 1. The summed E-state index contributed by atoms with van der Waals surface area (Å²) in [4.78, 5) is 18.2. The molecule has 2 fully saturated rings. The van der Waals surface area contributed by atoms with E-state index in [1.807, 2.05) is 36.4 Å². The molecular formula is C26H35N3O. The summed E-state index contributed by atoms with van der Waals surface area (Å²) in [6, 6.07) is 21.5. The maximum atomic E-state index is 13.2. The van der Waals surface area contributed by atoms with Crippen molar-refractivity contribution in [1.29, 1.82) is 0 Å². The molecule has 4 rings (SSSR count). The van der Waals surface area contributed by atoms with Gasteiger partial charge in [-0.15, -0.1) is 0 Å². The lowest BCUT2D eigenvalue weighted by molar-refractivity contribution is -0.123. The van der Waals surface area contributed by atoms with E-state index in [0.717, 1.165) is 36.9 Å². The summed E-state index contributed by atoms with van der Waals surface area (Å²) in [6.45, 7) is 2.31. The molecule has 4 heteroatoms. The van der Waals surface area contributed by atoms with Gasteiger partial charge in [0.25, 0.3) is 0 Å². The molecular weight excluding hydrogens is 370 g/mol. The maximum absolute atomic E-state index is 13.2. The van der Waals surface area contributed by atoms with E-state index in [4.69, 9.17) is 5.73 Å². The Morgan fingerprint density at radius 2 is 1.63 bits per heavy atom. The standard InChI is InChI=1S/C26H35N3O/c1-28-17-9-14-24(28)19-29(2)23-16-15-22(18-23)26(25(27)30,20-10-5-3-6-11-20)21-12-7-4-8-13-21/h3-8,10-13,22-24H,9,14-19H2,1-2H3,(H2,27,30)/t22?,23?,24-/m0/s1. The van der Waals surface area contributed by atoms with Gasteiger partial charge >= 0.3 is 0 Å². The van der Waals surface area contributed by atoms with Crippen molar-refractivity contribution in [3.63, 3.8) is 0 Å². The van der Waals surface area contributed by atoms with Crippen molar-refractivity contribution in [3.8, 4) is 0 Å². The van der Waals surface area contributed by atoms with E-state index in [0.29, 0.717) is 12.1 Å². The normalized spacial score (nSPS) is 25.1. The summed E-state index contributed by atoms with van der Waals surface area (Å²) in [5, 5.41) is 0. The van der Waals surface area contributed by atoms with Crippen LogP contribution in [0.25, 0.3) is 0 Å². The predicted octanol–water partition coefficient (Wildman–Crippen LogP) is 3.65. The third-order valence-electron chi connectivity index (χ3n) is 7.66. The van der Waals surface area contributed by atoms with Crippen LogP contribution in [-0.4, -0.2) is 55.0 Å². The van der Waals surface area contributed by atoms with Crippen LogP contribution in [0.15, 0.2) is 60.7 Å². The molecule has 0 aromatic heterocycles. The molecule has 2 aromatic rings. The lowest BCUT2D eigenvalue weighted by Crippen LogP contribution is -2.48. The monoisotopic (exact) mass is 405 g/mol. The summed E-state index contributed by atoms with van der Waals surface area (Å²) in [7, 11) is 4.50. The van der Waals surface area contributed by atoms with Gasteiger partial charge in [0.15, 0.2) is 0 Å². The zero-order chi connectivity index (χ0) is 21.1. The molecule has 3 atom stereocenters. The number of nitrogens with two attached hydrogens (primary N) is 1. The predicted molar refractivity (Wildman–Crippen MR) is 122 cm³/mol. The minimum atomic E-state index is -0.776. The van der Waals surface area contributed by atoms with Gasteiger partial charge in [0.1, 0.15) is 5.41 Å². The minimum Gasteiger partial charge on any atom is -0.369 e. The van der Waals surface area contributed by atoms with Crippen LogP contribution in [0.3, 0.4) is 0 Å². The number of amides is 1. The average Bonchev–Trinajstić information content (AvgIpc) is 3.40. The first kappa shape index (κ1) is 21.1. The van der Waals surface area contributed by atoms with Gasteiger partial charge in [-0.3, -0.25) is 4.79 Å². The maximum Gasteiger partial charge on any atom is 0.232 e. The number of likely N-dealkylation sites (tertiary alicyclic amines) is 1. The van der Waals surface area contributed by atoms with Crippen LogP contribution in [0.5, 0.6) is 0 Å². The van der Waals surface area contributed by atoms with Crippen molar-refractivity contribution >= 4 is 5.91 Å². The van der Waals surface area contributed by atoms with E-state index in [2.05, 4.69) is 48.2 Å². The lowest BCUT2D eigenvalue weighted by Gasteiger charge is -2.38. The van der Waals surface area contributed by atoms with Crippen LogP contribution < -0.4 is 5.73 Å². The Morgan fingerprint density at radius 1 is 1.03 bits per heavy atom. The highest BCUT2D eigenvalue weighted by atomic mass is 16.1. The van der Waals surface area contributed by atoms with E-state index in [9.17, 15) is 4.79 Å². The second-order valence-corrected chi connectivity index (χ2v) is 9.28. The smallest absolute Gasteiger partial charge is 0.232 e. The van der Waals surface area contributed by atoms with Crippen molar-refractivity contribution in [2.24, 2.45) is 11.7 Å². The third kappa shape index (κ3) is 3.79. The van der Waals surface area contributed by atoms with Crippen molar-refractivity contribution in [1.82, 2.24) is 9.80 Å². The molecule has 0 bridgehead atoms. The van der Waals surface area contributed by atoms with Gasteiger partial charge in [-0.1, -0.05) is 60.7 Å². The lowest BCUT2D eigenvalue weighted by atomic mass is 9.64. The van der Waals surface area contributed by atoms with E-state index < -0.39 is 5.41 Å². The Bertz CT molecular complexity index is 798. The molecule has 2 N–H and O–H groups in total. The van der Waals surface area contributed by atoms with Crippen LogP contribution in [0.2, 0.25) is 0 Å². The Labute approximate surface area is 181 Å². The summed E-state index contributed by atoms with van der Waals surface area (Å²) in [5.74, 6) is -0.0303. The SMILES string of the molecule is CN(C[C@@H]1CCCN1C)C1CCC(C(C(N)=O)(c2ccccc2)c2ccccc2)C1. The van der Waals surface area contributed by atoms with Gasteiger partial charge < -0.3 is 15.5 Å². The molecule has 1 saturated carbocycles. The number of likely N-dealkylation sites (N-methyl/N-ethyl adjacent to an activating group) is 2. The second kappa shape index (κ2) is 8.91. The van der Waals surface area contributed by atoms with Gasteiger partial charge in [-0.05, 0) is 69.8 Å². The van der Waals surface area contributed by atoms with E-state index in [-0.39, 0.29) is 11.8 Å². The summed E-state index contributed by atoms with van der Waals surface area (Å²) < 4.78 is 0. The number of nitrogens with zero attached hydrogens (tertiary/aromatic N) is 2. The molecule has 0 spiro atoms. The fourth-order valence-electron chi connectivity index (χ4n) is 5.97. The van der Waals surface area contributed by atoms with Crippen LogP contribution in [0.1, 0.15) is 43.2 Å². The fraction of sp³-hybridized carbons (Fsp3) is 0.500. The van der Waals surface area contributed by atoms with Crippen LogP contribution in [0, 0.1) is 5.92 Å². The van der Waals surface area contributed by atoms with Crippen LogP contribution >= 0.6 is 0 Å². The first-order chi connectivity index (χ1) is 14.5. The molecule has 1 aliphatic heterocycles. The molecule has 160 valence electrons. The fourth-order valence-corrected chi connectivity index (χ4v) is 5.97. The molecule has 2 aromatic carbocycles. The van der Waals surface area contributed by atoms with Crippen LogP contribution in [-0.2, 0) is 10.2 Å². The quantitative estimate of drug-likeness (QED) is 0.765. The minimum absolute atomic E-state index is 0.202. The van der Waals surface area contributed by atoms with E-state index in [1.165, 1.54) is 19.4 Å². The number of carbonyl (C=O) groups excluding carboxylic acids is 1. The largest absolute Gasteiger partial charge is 0.369 e. The van der Waals surface area contributed by atoms with Crippen molar-refractivity contribution in [2.45, 2.75) is 49.6 Å². The number of rotatable bonds is 7.